The molecule has 0 fully saturated rings. The molecule has 1 aliphatic heterocycles. The molecule has 2 aromatic carbocycles. The van der Waals surface area contributed by atoms with Crippen LogP contribution in [0.5, 0.6) is 11.5 Å². The number of anilines is 1. The van der Waals surface area contributed by atoms with E-state index in [0.29, 0.717) is 20.7 Å². The smallest absolute Gasteiger partial charge is 0.329 e. The predicted octanol–water partition coefficient (Wildman–Crippen LogP) is 1.99. The lowest BCUT2D eigenvalue weighted by atomic mass is 10.2. The fourth-order valence-electron chi connectivity index (χ4n) is 2.28. The molecule has 0 aliphatic carbocycles. The zero-order valence-electron chi connectivity index (χ0n) is 12.1. The molecule has 3 rings (SSSR count). The topological polar surface area (TPSA) is 110 Å². The minimum atomic E-state index is -2.86. The van der Waals surface area contributed by atoms with E-state index in [-0.39, 0.29) is 5.69 Å². The van der Waals surface area contributed by atoms with Gasteiger partial charge in [-0.25, -0.2) is 4.79 Å². The van der Waals surface area contributed by atoms with Crippen LogP contribution in [0.2, 0.25) is 0 Å². The van der Waals surface area contributed by atoms with E-state index in [0.717, 1.165) is 4.90 Å². The maximum Gasteiger partial charge on any atom is 0.329 e. The van der Waals surface area contributed by atoms with Gasteiger partial charge in [-0.3, -0.25) is 8.51 Å². The maximum absolute atomic E-state index is 11.5. The third-order valence-corrected chi connectivity index (χ3v) is 5.26. The summed E-state index contributed by atoms with van der Waals surface area (Å²) in [7, 11) is 0. The number of aliphatic hydroxyl groups excluding tert-OH is 1. The van der Waals surface area contributed by atoms with Crippen molar-refractivity contribution in [2.24, 2.45) is 0 Å². The molecule has 1 aliphatic rings. The Morgan fingerprint density at radius 1 is 1.25 bits per heavy atom. The fraction of sp³-hybridized carbons (Fsp3) is 0.133. The fourth-order valence-corrected chi connectivity index (χ4v) is 3.91. The number of hydrogen-bond acceptors (Lipinski definition) is 6. The van der Waals surface area contributed by atoms with Gasteiger partial charge in [0.2, 0.25) is 0 Å². The average Bonchev–Trinajstić information content (AvgIpc) is 2.56. The number of carboxylic acids is 1. The van der Waals surface area contributed by atoms with Gasteiger partial charge in [0.1, 0.15) is 11.5 Å². The van der Waals surface area contributed by atoms with Gasteiger partial charge in [-0.2, -0.15) is 0 Å². The summed E-state index contributed by atoms with van der Waals surface area (Å²) in [6, 6.07) is 10.3. The van der Waals surface area contributed by atoms with E-state index in [1.807, 2.05) is 24.3 Å². The molecule has 2 aromatic rings. The lowest BCUT2D eigenvalue weighted by Crippen LogP contribution is -2.45. The molecule has 2 N–H and O–H groups in total. The monoisotopic (exact) mass is 366 g/mol. The van der Waals surface area contributed by atoms with E-state index in [1.165, 1.54) is 23.9 Å². The molecule has 2 unspecified atom stereocenters. The Labute approximate surface area is 144 Å². The second-order valence-corrected chi connectivity index (χ2v) is 6.77. The molecular formula is C15H12NO6S2-. The zero-order valence-corrected chi connectivity index (χ0v) is 13.8. The summed E-state index contributed by atoms with van der Waals surface area (Å²) in [6.45, 7) is -0.840. The molecule has 9 heteroatoms. The molecule has 0 aromatic heterocycles. The van der Waals surface area contributed by atoms with Gasteiger partial charge in [-0.1, -0.05) is 23.9 Å². The molecule has 0 spiro atoms. The highest BCUT2D eigenvalue weighted by atomic mass is 32.2. The zero-order chi connectivity index (χ0) is 17.3. The molecule has 2 atom stereocenters. The van der Waals surface area contributed by atoms with Crippen molar-refractivity contribution < 1.29 is 28.5 Å². The molecule has 0 saturated heterocycles. The van der Waals surface area contributed by atoms with Gasteiger partial charge in [0.05, 0.1) is 22.1 Å². The number of hydrogen-bond donors (Lipinski definition) is 2. The summed E-state index contributed by atoms with van der Waals surface area (Å²) >= 11 is -1.47. The quantitative estimate of drug-likeness (QED) is 0.664. The van der Waals surface area contributed by atoms with Crippen LogP contribution in [-0.4, -0.2) is 37.6 Å². The lowest BCUT2D eigenvalue weighted by molar-refractivity contribution is -0.139. The summed E-state index contributed by atoms with van der Waals surface area (Å²) in [6.07, 6.45) is 0. The van der Waals surface area contributed by atoms with Crippen LogP contribution in [-0.2, 0) is 16.1 Å². The van der Waals surface area contributed by atoms with E-state index in [4.69, 9.17) is 9.84 Å². The van der Waals surface area contributed by atoms with Gasteiger partial charge in [0.25, 0.3) is 0 Å². The molecule has 0 bridgehead atoms. The van der Waals surface area contributed by atoms with Crippen molar-refractivity contribution in [2.45, 2.75) is 15.8 Å². The van der Waals surface area contributed by atoms with E-state index >= 15 is 0 Å². The Balaban J connectivity index is 1.99. The first-order valence-corrected chi connectivity index (χ1v) is 8.67. The van der Waals surface area contributed by atoms with Crippen molar-refractivity contribution in [3.05, 3.63) is 42.5 Å². The van der Waals surface area contributed by atoms with Crippen molar-refractivity contribution in [3.8, 4) is 11.5 Å². The van der Waals surface area contributed by atoms with Gasteiger partial charge in [0.15, 0.2) is 6.04 Å². The third kappa shape index (κ3) is 3.11. The number of benzene rings is 2. The highest BCUT2D eigenvalue weighted by Crippen LogP contribution is 2.48. The largest absolute Gasteiger partial charge is 0.755 e. The Morgan fingerprint density at radius 3 is 2.62 bits per heavy atom. The first kappa shape index (κ1) is 16.8. The number of para-hydroxylation sites is 1. The van der Waals surface area contributed by atoms with E-state index in [9.17, 15) is 18.7 Å². The molecule has 0 amide bonds. The van der Waals surface area contributed by atoms with Crippen LogP contribution in [0.15, 0.2) is 52.3 Å². The molecule has 0 radical (unpaired) electrons. The molecule has 7 nitrogen and oxygen atoms in total. The number of carbonyl (C=O) groups is 1. The van der Waals surface area contributed by atoms with Crippen LogP contribution in [0.1, 0.15) is 0 Å². The van der Waals surface area contributed by atoms with Crippen molar-refractivity contribution in [3.63, 3.8) is 0 Å². The van der Waals surface area contributed by atoms with Crippen molar-refractivity contribution in [1.82, 2.24) is 0 Å². The van der Waals surface area contributed by atoms with E-state index in [1.54, 1.807) is 6.07 Å². The number of nitrogens with zero attached hydrogens (tertiary/aromatic N) is 1. The summed E-state index contributed by atoms with van der Waals surface area (Å²) < 4.78 is 29.3. The molecule has 1 heterocycles. The normalized spacial score (nSPS) is 14.8. The van der Waals surface area contributed by atoms with E-state index < -0.39 is 29.9 Å². The number of carboxylic acid groups (broad SMARTS) is 1. The lowest BCUT2D eigenvalue weighted by Gasteiger charge is -2.31. The number of aliphatic hydroxyl groups is 1. The van der Waals surface area contributed by atoms with Crippen LogP contribution in [0.4, 0.5) is 5.69 Å². The minimum Gasteiger partial charge on any atom is -0.755 e. The van der Waals surface area contributed by atoms with Crippen LogP contribution in [0.3, 0.4) is 0 Å². The third-order valence-electron chi connectivity index (χ3n) is 3.37. The molecular weight excluding hydrogens is 354 g/mol. The highest BCUT2D eigenvalue weighted by Gasteiger charge is 2.28. The predicted molar refractivity (Wildman–Crippen MR) is 87.0 cm³/mol. The number of rotatable bonds is 5. The van der Waals surface area contributed by atoms with Gasteiger partial charge in [-0.15, -0.1) is 0 Å². The van der Waals surface area contributed by atoms with Gasteiger partial charge < -0.3 is 19.5 Å². The maximum atomic E-state index is 11.5. The number of fused-ring (bicyclic) bond motifs is 2. The highest BCUT2D eigenvalue weighted by molar-refractivity contribution is 7.99. The van der Waals surface area contributed by atoms with Crippen LogP contribution >= 0.6 is 11.8 Å². The van der Waals surface area contributed by atoms with Gasteiger partial charge in [0, 0.05) is 11.3 Å². The SMILES string of the molecule is O=C(O)C(CO)N(c1ccc2c(c1)Sc1ccccc1O2)S(=O)[O-]. The van der Waals surface area contributed by atoms with Gasteiger partial charge in [-0.05, 0) is 30.3 Å². The van der Waals surface area contributed by atoms with Crippen LogP contribution < -0.4 is 9.04 Å². The molecule has 0 saturated carbocycles. The summed E-state index contributed by atoms with van der Waals surface area (Å²) in [5.74, 6) is -0.186. The average molecular weight is 366 g/mol. The second-order valence-electron chi connectivity index (χ2n) is 4.86. The standard InChI is InChI=1S/C15H13NO6S2/c17-8-10(15(18)19)16(24(20)21)9-5-6-12-14(7-9)23-13-4-2-1-3-11(13)22-12/h1-7,10,17H,8H2,(H,18,19)(H,20,21)/p-1. The number of aliphatic carboxylic acids is 1. The molecule has 24 heavy (non-hydrogen) atoms. The van der Waals surface area contributed by atoms with Crippen LogP contribution in [0, 0.1) is 0 Å². The van der Waals surface area contributed by atoms with Gasteiger partial charge >= 0.3 is 5.97 Å². The second kappa shape index (κ2) is 6.81. The van der Waals surface area contributed by atoms with Crippen LogP contribution in [0.25, 0.3) is 0 Å². The summed E-state index contributed by atoms with van der Waals surface area (Å²) in [4.78, 5) is 12.7. The van der Waals surface area contributed by atoms with E-state index in [2.05, 4.69) is 0 Å². The van der Waals surface area contributed by atoms with Crippen molar-refractivity contribution >= 4 is 34.7 Å². The Hall–Kier alpha value is -2.07. The van der Waals surface area contributed by atoms with Crippen molar-refractivity contribution in [2.75, 3.05) is 10.9 Å². The summed E-state index contributed by atoms with van der Waals surface area (Å²) in [5.41, 5.74) is 0.138. The number of ether oxygens (including phenoxy) is 1. The Bertz CT molecular complexity index is 812. The Kier molecular flexibility index (Phi) is 4.76. The Morgan fingerprint density at radius 2 is 1.96 bits per heavy atom. The molecule has 126 valence electrons. The first-order valence-electron chi connectivity index (χ1n) is 6.82. The summed E-state index contributed by atoms with van der Waals surface area (Å²) in [5, 5.41) is 18.3. The minimum absolute atomic E-state index is 0.138. The van der Waals surface area contributed by atoms with Crippen molar-refractivity contribution in [1.29, 1.82) is 0 Å². The first-order chi connectivity index (χ1) is 11.5.